The van der Waals surface area contributed by atoms with Crippen LogP contribution in [-0.4, -0.2) is 61.2 Å². The highest BCUT2D eigenvalue weighted by molar-refractivity contribution is 5.29. The van der Waals surface area contributed by atoms with Gasteiger partial charge < -0.3 is 24.6 Å². The molecule has 0 aromatic heterocycles. The number of hydrogen-bond acceptors (Lipinski definition) is 5. The third-order valence-corrected chi connectivity index (χ3v) is 3.95. The van der Waals surface area contributed by atoms with Crippen LogP contribution in [0, 0.1) is 0 Å². The normalized spacial score (nSPS) is 19.5. The van der Waals surface area contributed by atoms with Crippen LogP contribution >= 0.6 is 0 Å². The number of nitrogens with zero attached hydrogens (tertiary/aromatic N) is 1. The fourth-order valence-corrected chi connectivity index (χ4v) is 2.73. The Labute approximate surface area is 126 Å². The molecule has 2 N–H and O–H groups in total. The average Bonchev–Trinajstić information content (AvgIpc) is 2.47. The molecule has 2 rings (SSSR count). The molecule has 1 unspecified atom stereocenters. The summed E-state index contributed by atoms with van der Waals surface area (Å²) in [6, 6.07) is 7.43. The fraction of sp³-hybridized carbons (Fsp3) is 0.625. The monoisotopic (exact) mass is 295 g/mol. The maximum absolute atomic E-state index is 10.5. The van der Waals surface area contributed by atoms with Crippen LogP contribution in [0.2, 0.25) is 0 Å². The summed E-state index contributed by atoms with van der Waals surface area (Å²) in [4.78, 5) is 1.97. The number of benzene rings is 1. The molecule has 1 saturated heterocycles. The van der Waals surface area contributed by atoms with Gasteiger partial charge in [-0.2, -0.15) is 0 Å². The maximum Gasteiger partial charge on any atom is 0.119 e. The summed E-state index contributed by atoms with van der Waals surface area (Å²) in [5.41, 5.74) is 0.112. The van der Waals surface area contributed by atoms with E-state index in [-0.39, 0.29) is 0 Å². The topological polar surface area (TPSA) is 62.2 Å². The molecule has 1 fully saturated rings. The lowest BCUT2D eigenvalue weighted by Crippen LogP contribution is -2.46. The molecule has 0 radical (unpaired) electrons. The van der Waals surface area contributed by atoms with Crippen molar-refractivity contribution in [1.82, 2.24) is 4.90 Å². The predicted molar refractivity (Wildman–Crippen MR) is 80.5 cm³/mol. The first kappa shape index (κ1) is 16.2. The van der Waals surface area contributed by atoms with Gasteiger partial charge in [0.1, 0.15) is 5.75 Å². The van der Waals surface area contributed by atoms with E-state index in [1.165, 1.54) is 0 Å². The van der Waals surface area contributed by atoms with Crippen LogP contribution in [0.5, 0.6) is 5.75 Å². The Balaban J connectivity index is 1.90. The quantitative estimate of drug-likeness (QED) is 0.826. The maximum atomic E-state index is 10.5. The van der Waals surface area contributed by atoms with Gasteiger partial charge in [-0.05, 0) is 24.7 Å². The van der Waals surface area contributed by atoms with Crippen LogP contribution in [0.25, 0.3) is 0 Å². The Morgan fingerprint density at radius 3 is 2.76 bits per heavy atom. The van der Waals surface area contributed by atoms with E-state index < -0.39 is 11.7 Å². The van der Waals surface area contributed by atoms with Crippen molar-refractivity contribution in [3.05, 3.63) is 29.8 Å². The predicted octanol–water partition coefficient (Wildman–Crippen LogP) is 1.20. The van der Waals surface area contributed by atoms with Gasteiger partial charge in [-0.3, -0.25) is 0 Å². The Kier molecular flexibility index (Phi) is 5.58. The second-order valence-corrected chi connectivity index (χ2v) is 5.83. The molecule has 5 heteroatoms. The molecule has 1 aliphatic rings. The van der Waals surface area contributed by atoms with E-state index in [4.69, 9.17) is 9.47 Å². The summed E-state index contributed by atoms with van der Waals surface area (Å²) in [7, 11) is 3.52. The van der Waals surface area contributed by atoms with E-state index >= 15 is 0 Å². The Hall–Kier alpha value is -1.14. The molecule has 0 spiro atoms. The molecule has 0 aliphatic carbocycles. The van der Waals surface area contributed by atoms with Crippen molar-refractivity contribution in [2.24, 2.45) is 0 Å². The Morgan fingerprint density at radius 2 is 2.10 bits per heavy atom. The van der Waals surface area contributed by atoms with Crippen molar-refractivity contribution >= 4 is 0 Å². The van der Waals surface area contributed by atoms with E-state index in [1.54, 1.807) is 7.11 Å². The minimum atomic E-state index is -0.707. The van der Waals surface area contributed by atoms with Crippen LogP contribution in [0.15, 0.2) is 24.3 Å². The van der Waals surface area contributed by atoms with Crippen LogP contribution in [0.1, 0.15) is 24.5 Å². The van der Waals surface area contributed by atoms with Crippen molar-refractivity contribution in [2.45, 2.75) is 24.5 Å². The Bertz CT molecular complexity index is 446. The highest BCUT2D eigenvalue weighted by Gasteiger charge is 2.31. The minimum absolute atomic E-state index is 0.469. The molecule has 1 aromatic rings. The number of likely N-dealkylation sites (N-methyl/N-ethyl adjacent to an activating group) is 1. The SMILES string of the molecule is COc1cccc(C(O)CN(C)CC2(O)CCOCC2)c1. The van der Waals surface area contributed by atoms with Gasteiger partial charge in [-0.15, -0.1) is 0 Å². The number of hydrogen-bond donors (Lipinski definition) is 2. The smallest absolute Gasteiger partial charge is 0.119 e. The fourth-order valence-electron chi connectivity index (χ4n) is 2.73. The standard InChI is InChI=1S/C16H25NO4/c1-17(12-16(19)6-8-21-9-7-16)11-15(18)13-4-3-5-14(10-13)20-2/h3-5,10,15,18-19H,6-9,11-12H2,1-2H3. The van der Waals surface area contributed by atoms with Gasteiger partial charge in [-0.1, -0.05) is 12.1 Å². The molecule has 1 aromatic carbocycles. The second kappa shape index (κ2) is 7.22. The van der Waals surface area contributed by atoms with Crippen molar-refractivity contribution in [3.63, 3.8) is 0 Å². The number of rotatable bonds is 6. The first-order valence-corrected chi connectivity index (χ1v) is 7.33. The van der Waals surface area contributed by atoms with Gasteiger partial charge in [0, 0.05) is 39.1 Å². The van der Waals surface area contributed by atoms with Gasteiger partial charge in [0.2, 0.25) is 0 Å². The summed E-state index contributed by atoms with van der Waals surface area (Å²) >= 11 is 0. The lowest BCUT2D eigenvalue weighted by atomic mass is 9.93. The van der Waals surface area contributed by atoms with Crippen LogP contribution in [-0.2, 0) is 4.74 Å². The number of aliphatic hydroxyl groups excluding tert-OH is 1. The highest BCUT2D eigenvalue weighted by Crippen LogP contribution is 2.23. The summed E-state index contributed by atoms with van der Waals surface area (Å²) in [5.74, 6) is 0.734. The van der Waals surface area contributed by atoms with Gasteiger partial charge >= 0.3 is 0 Å². The summed E-state index contributed by atoms with van der Waals surface area (Å²) < 4.78 is 10.4. The van der Waals surface area contributed by atoms with E-state index in [0.717, 1.165) is 11.3 Å². The number of aliphatic hydroxyl groups is 2. The summed E-state index contributed by atoms with van der Waals surface area (Å²) in [5, 5.41) is 20.8. The lowest BCUT2D eigenvalue weighted by Gasteiger charge is -2.36. The molecule has 118 valence electrons. The molecule has 21 heavy (non-hydrogen) atoms. The van der Waals surface area contributed by atoms with Crippen molar-refractivity contribution in [1.29, 1.82) is 0 Å². The zero-order valence-electron chi connectivity index (χ0n) is 12.8. The second-order valence-electron chi connectivity index (χ2n) is 5.83. The van der Waals surface area contributed by atoms with Crippen molar-refractivity contribution < 1.29 is 19.7 Å². The Morgan fingerprint density at radius 1 is 1.38 bits per heavy atom. The molecule has 1 atom stereocenters. The molecule has 0 amide bonds. The zero-order valence-corrected chi connectivity index (χ0v) is 12.8. The molecule has 5 nitrogen and oxygen atoms in total. The minimum Gasteiger partial charge on any atom is -0.497 e. The molecule has 0 saturated carbocycles. The van der Waals surface area contributed by atoms with Crippen LogP contribution in [0.4, 0.5) is 0 Å². The molecular formula is C16H25NO4. The molecule has 1 aliphatic heterocycles. The zero-order chi connectivity index (χ0) is 15.3. The summed E-state index contributed by atoms with van der Waals surface area (Å²) in [6.07, 6.45) is 0.688. The number of ether oxygens (including phenoxy) is 2. The molecular weight excluding hydrogens is 270 g/mol. The lowest BCUT2D eigenvalue weighted by molar-refractivity contribution is -0.0799. The molecule has 0 bridgehead atoms. The van der Waals surface area contributed by atoms with Crippen molar-refractivity contribution in [3.8, 4) is 5.75 Å². The number of methoxy groups -OCH3 is 1. The van der Waals surface area contributed by atoms with E-state index in [2.05, 4.69) is 0 Å². The van der Waals surface area contributed by atoms with Gasteiger partial charge in [0.25, 0.3) is 0 Å². The first-order valence-electron chi connectivity index (χ1n) is 7.33. The first-order chi connectivity index (χ1) is 10.0. The third-order valence-electron chi connectivity index (χ3n) is 3.95. The third kappa shape index (κ3) is 4.68. The molecule has 1 heterocycles. The van der Waals surface area contributed by atoms with E-state index in [0.29, 0.717) is 39.1 Å². The van der Waals surface area contributed by atoms with Gasteiger partial charge in [0.15, 0.2) is 0 Å². The van der Waals surface area contributed by atoms with Crippen LogP contribution < -0.4 is 4.74 Å². The van der Waals surface area contributed by atoms with E-state index in [1.807, 2.05) is 36.2 Å². The van der Waals surface area contributed by atoms with Gasteiger partial charge in [0.05, 0.1) is 18.8 Å². The van der Waals surface area contributed by atoms with Crippen LogP contribution in [0.3, 0.4) is 0 Å². The van der Waals surface area contributed by atoms with Crippen molar-refractivity contribution in [2.75, 3.05) is 40.5 Å². The average molecular weight is 295 g/mol. The summed E-state index contributed by atoms with van der Waals surface area (Å²) in [6.45, 7) is 2.21. The largest absolute Gasteiger partial charge is 0.497 e. The van der Waals surface area contributed by atoms with E-state index in [9.17, 15) is 10.2 Å². The highest BCUT2D eigenvalue weighted by atomic mass is 16.5. The van der Waals surface area contributed by atoms with Gasteiger partial charge in [-0.25, -0.2) is 0 Å².